The smallest absolute Gasteiger partial charge is 0.234 e. The molecule has 0 saturated heterocycles. The Bertz CT molecular complexity index is 1050. The number of nitrogens with zero attached hydrogens (tertiary/aromatic N) is 1. The number of nitriles is 1. The van der Waals surface area contributed by atoms with E-state index >= 15 is 0 Å². The molecule has 154 valence electrons. The fraction of sp³-hybridized carbons (Fsp3) is 0.227. The average Bonchev–Trinajstić information content (AvgIpc) is 2.69. The molecule has 2 aromatic rings. The summed E-state index contributed by atoms with van der Waals surface area (Å²) < 4.78 is 14.2. The Labute approximate surface area is 186 Å². The van der Waals surface area contributed by atoms with Crippen molar-refractivity contribution in [3.05, 3.63) is 74.0 Å². The molecule has 8 heteroatoms. The summed E-state index contributed by atoms with van der Waals surface area (Å²) in [4.78, 5) is 24.7. The van der Waals surface area contributed by atoms with Crippen molar-refractivity contribution in [1.29, 1.82) is 5.26 Å². The van der Waals surface area contributed by atoms with E-state index in [9.17, 15) is 19.2 Å². The van der Waals surface area contributed by atoms with Gasteiger partial charge in [0.25, 0.3) is 0 Å². The van der Waals surface area contributed by atoms with E-state index in [4.69, 9.17) is 0 Å². The molecule has 0 radical (unpaired) electrons. The molecule has 2 amide bonds. The minimum absolute atomic E-state index is 0.0336. The minimum Gasteiger partial charge on any atom is -0.325 e. The van der Waals surface area contributed by atoms with E-state index in [2.05, 4.69) is 32.6 Å². The minimum atomic E-state index is -0.467. The summed E-state index contributed by atoms with van der Waals surface area (Å²) in [6, 6.07) is 11.7. The molecule has 1 aliphatic rings. The SMILES string of the molecule is Cc1cc(Br)cc(C)c1NC(=O)CSC1=C(C#N)[C@@H](c2ccc(F)cc2)CC(=O)N1. The van der Waals surface area contributed by atoms with Crippen LogP contribution in [-0.2, 0) is 9.59 Å². The second kappa shape index (κ2) is 9.45. The number of benzene rings is 2. The van der Waals surface area contributed by atoms with Crippen molar-refractivity contribution in [2.75, 3.05) is 11.1 Å². The summed E-state index contributed by atoms with van der Waals surface area (Å²) in [5, 5.41) is 15.6. The van der Waals surface area contributed by atoms with E-state index in [-0.39, 0.29) is 29.8 Å². The Kier molecular flexibility index (Phi) is 6.95. The van der Waals surface area contributed by atoms with Crippen LogP contribution in [-0.4, -0.2) is 17.6 Å². The number of carbonyl (C=O) groups is 2. The standard InChI is InChI=1S/C22H19BrFN3O2S/c1-12-7-15(23)8-13(2)21(12)26-20(29)11-30-22-18(10-25)17(9-19(28)27-22)14-3-5-16(24)6-4-14/h3-8,17H,9,11H2,1-2H3,(H,26,29)(H,27,28)/t17-/m1/s1. The number of rotatable bonds is 5. The highest BCUT2D eigenvalue weighted by Gasteiger charge is 2.30. The van der Waals surface area contributed by atoms with Gasteiger partial charge < -0.3 is 10.6 Å². The third kappa shape index (κ3) is 5.10. The highest BCUT2D eigenvalue weighted by atomic mass is 79.9. The normalized spacial score (nSPS) is 16.1. The first kappa shape index (κ1) is 22.1. The summed E-state index contributed by atoms with van der Waals surface area (Å²) in [6.07, 6.45) is 0.0993. The molecule has 0 aliphatic carbocycles. The monoisotopic (exact) mass is 487 g/mol. The Balaban J connectivity index is 1.77. The van der Waals surface area contributed by atoms with Crippen molar-refractivity contribution < 1.29 is 14.0 Å². The second-order valence-electron chi connectivity index (χ2n) is 6.96. The molecule has 0 saturated carbocycles. The number of carbonyl (C=O) groups excluding carboxylic acids is 2. The van der Waals surface area contributed by atoms with E-state index in [0.29, 0.717) is 16.2 Å². The third-order valence-electron chi connectivity index (χ3n) is 4.74. The maximum Gasteiger partial charge on any atom is 0.234 e. The zero-order valence-corrected chi connectivity index (χ0v) is 18.8. The summed E-state index contributed by atoms with van der Waals surface area (Å²) >= 11 is 4.54. The molecule has 1 aliphatic heterocycles. The largest absolute Gasteiger partial charge is 0.325 e. The molecule has 0 bridgehead atoms. The van der Waals surface area contributed by atoms with Gasteiger partial charge in [0.05, 0.1) is 22.4 Å². The van der Waals surface area contributed by atoms with Crippen LogP contribution in [0.3, 0.4) is 0 Å². The third-order valence-corrected chi connectivity index (χ3v) is 6.21. The maximum atomic E-state index is 13.2. The number of hydrogen-bond donors (Lipinski definition) is 2. The van der Waals surface area contributed by atoms with Crippen LogP contribution in [0, 0.1) is 31.0 Å². The Morgan fingerprint density at radius 2 is 1.93 bits per heavy atom. The molecule has 0 aromatic heterocycles. The molecule has 2 aromatic carbocycles. The van der Waals surface area contributed by atoms with Crippen LogP contribution >= 0.6 is 27.7 Å². The van der Waals surface area contributed by atoms with Crippen LogP contribution in [0.5, 0.6) is 0 Å². The highest BCUT2D eigenvalue weighted by Crippen LogP contribution is 2.36. The number of amides is 2. The lowest BCUT2D eigenvalue weighted by Gasteiger charge is -2.25. The summed E-state index contributed by atoms with van der Waals surface area (Å²) in [7, 11) is 0. The first-order chi connectivity index (χ1) is 14.3. The zero-order valence-electron chi connectivity index (χ0n) is 16.4. The molecule has 0 spiro atoms. The van der Waals surface area contributed by atoms with Crippen molar-refractivity contribution >= 4 is 45.2 Å². The first-order valence-electron chi connectivity index (χ1n) is 9.17. The van der Waals surface area contributed by atoms with Gasteiger partial charge in [0.15, 0.2) is 0 Å². The van der Waals surface area contributed by atoms with Gasteiger partial charge >= 0.3 is 0 Å². The van der Waals surface area contributed by atoms with Gasteiger partial charge in [0, 0.05) is 22.5 Å². The number of halogens is 2. The van der Waals surface area contributed by atoms with Crippen LogP contribution < -0.4 is 10.6 Å². The number of nitrogens with one attached hydrogen (secondary N) is 2. The Morgan fingerprint density at radius 3 is 2.53 bits per heavy atom. The van der Waals surface area contributed by atoms with Crippen LogP contribution in [0.4, 0.5) is 10.1 Å². The predicted molar refractivity (Wildman–Crippen MR) is 119 cm³/mol. The lowest BCUT2D eigenvalue weighted by molar-refractivity contribution is -0.121. The number of allylic oxidation sites excluding steroid dienone is 1. The van der Waals surface area contributed by atoms with E-state index in [1.807, 2.05) is 26.0 Å². The van der Waals surface area contributed by atoms with Crippen LogP contribution in [0.2, 0.25) is 0 Å². The fourth-order valence-corrected chi connectivity index (χ4v) is 4.90. The molecule has 0 unspecified atom stereocenters. The van der Waals surface area contributed by atoms with Gasteiger partial charge in [-0.05, 0) is 54.8 Å². The quantitative estimate of drug-likeness (QED) is 0.627. The molecule has 2 N–H and O–H groups in total. The molecule has 3 rings (SSSR count). The Hall–Kier alpha value is -2.63. The first-order valence-corrected chi connectivity index (χ1v) is 10.9. The van der Waals surface area contributed by atoms with Gasteiger partial charge in [-0.2, -0.15) is 5.26 Å². The van der Waals surface area contributed by atoms with E-state index < -0.39 is 5.92 Å². The maximum absolute atomic E-state index is 13.2. The molecule has 0 fully saturated rings. The van der Waals surface area contributed by atoms with Gasteiger partial charge in [0.1, 0.15) is 5.82 Å². The van der Waals surface area contributed by atoms with Crippen molar-refractivity contribution in [2.45, 2.75) is 26.2 Å². The molecular formula is C22H19BrFN3O2S. The number of aryl methyl sites for hydroxylation is 2. The van der Waals surface area contributed by atoms with Gasteiger partial charge in [0.2, 0.25) is 11.8 Å². The molecule has 1 atom stereocenters. The van der Waals surface area contributed by atoms with Gasteiger partial charge in [-0.1, -0.05) is 39.8 Å². The van der Waals surface area contributed by atoms with Crippen molar-refractivity contribution in [3.63, 3.8) is 0 Å². The second-order valence-corrected chi connectivity index (χ2v) is 8.86. The van der Waals surface area contributed by atoms with Gasteiger partial charge in [-0.15, -0.1) is 0 Å². The van der Waals surface area contributed by atoms with Crippen LogP contribution in [0.1, 0.15) is 29.0 Å². The van der Waals surface area contributed by atoms with Crippen molar-refractivity contribution in [2.24, 2.45) is 0 Å². The predicted octanol–water partition coefficient (Wildman–Crippen LogP) is 4.92. The Morgan fingerprint density at radius 1 is 1.30 bits per heavy atom. The van der Waals surface area contributed by atoms with E-state index in [0.717, 1.165) is 33.0 Å². The number of thioether (sulfide) groups is 1. The van der Waals surface area contributed by atoms with E-state index in [1.54, 1.807) is 12.1 Å². The topological polar surface area (TPSA) is 82.0 Å². The van der Waals surface area contributed by atoms with Crippen LogP contribution in [0.15, 0.2) is 51.5 Å². The van der Waals surface area contributed by atoms with Gasteiger partial charge in [-0.25, -0.2) is 4.39 Å². The average molecular weight is 488 g/mol. The van der Waals surface area contributed by atoms with Crippen molar-refractivity contribution in [3.8, 4) is 6.07 Å². The lowest BCUT2D eigenvalue weighted by Crippen LogP contribution is -2.31. The van der Waals surface area contributed by atoms with E-state index in [1.165, 1.54) is 12.1 Å². The fourth-order valence-electron chi connectivity index (χ4n) is 3.33. The van der Waals surface area contributed by atoms with Gasteiger partial charge in [-0.3, -0.25) is 9.59 Å². The molecule has 1 heterocycles. The molecular weight excluding hydrogens is 469 g/mol. The number of hydrogen-bond acceptors (Lipinski definition) is 4. The summed E-state index contributed by atoms with van der Waals surface area (Å²) in [5.41, 5.74) is 3.66. The molecule has 5 nitrogen and oxygen atoms in total. The number of anilines is 1. The molecule has 30 heavy (non-hydrogen) atoms. The highest BCUT2D eigenvalue weighted by molar-refractivity contribution is 9.10. The zero-order chi connectivity index (χ0) is 21.8. The van der Waals surface area contributed by atoms with Crippen LogP contribution in [0.25, 0.3) is 0 Å². The summed E-state index contributed by atoms with van der Waals surface area (Å²) in [6.45, 7) is 3.82. The lowest BCUT2D eigenvalue weighted by atomic mass is 9.87. The summed E-state index contributed by atoms with van der Waals surface area (Å²) in [5.74, 6) is -1.30. The van der Waals surface area contributed by atoms with Crippen molar-refractivity contribution in [1.82, 2.24) is 5.32 Å².